The molecule has 3 rings (SSSR count). The molecule has 0 aromatic rings. The monoisotopic (exact) mass is 465 g/mol. The molecule has 0 spiro atoms. The van der Waals surface area contributed by atoms with Crippen molar-refractivity contribution in [1.29, 1.82) is 10.5 Å². The third kappa shape index (κ3) is 5.29. The Kier molecular flexibility index (Phi) is 7.14. The van der Waals surface area contributed by atoms with Gasteiger partial charge in [0.25, 0.3) is 0 Å². The largest absolute Gasteiger partial charge is 0.461 e. The zero-order chi connectivity index (χ0) is 25.3. The highest BCUT2D eigenvalue weighted by Crippen LogP contribution is 2.51. The molecule has 3 atom stereocenters. The van der Waals surface area contributed by atoms with E-state index in [1.807, 2.05) is 6.08 Å². The summed E-state index contributed by atoms with van der Waals surface area (Å²) in [7, 11) is 0. The van der Waals surface area contributed by atoms with E-state index in [0.29, 0.717) is 29.6 Å². The summed E-state index contributed by atoms with van der Waals surface area (Å²) in [5.41, 5.74) is 6.31. The van der Waals surface area contributed by atoms with Crippen molar-refractivity contribution in [3.8, 4) is 12.1 Å². The summed E-state index contributed by atoms with van der Waals surface area (Å²) in [4.78, 5) is 36.9. The van der Waals surface area contributed by atoms with Gasteiger partial charge in [0.05, 0.1) is 12.1 Å². The van der Waals surface area contributed by atoms with Crippen molar-refractivity contribution >= 4 is 17.7 Å². The predicted octanol–water partition coefficient (Wildman–Crippen LogP) is 3.19. The number of carbonyl (C=O) groups is 3. The van der Waals surface area contributed by atoms with E-state index in [1.165, 1.54) is 6.92 Å². The molecule has 0 heterocycles. The fraction of sp³-hybridized carbons (Fsp3) is 0.577. The molecule has 0 bridgehead atoms. The molecule has 0 aromatic heterocycles. The molecule has 0 aromatic carbocycles. The highest BCUT2D eigenvalue weighted by Gasteiger charge is 2.48. The van der Waals surface area contributed by atoms with E-state index in [4.69, 9.17) is 15.2 Å². The van der Waals surface area contributed by atoms with Crippen LogP contribution in [0.25, 0.3) is 0 Å². The fourth-order valence-electron chi connectivity index (χ4n) is 5.03. The maximum absolute atomic E-state index is 12.8. The third-order valence-electron chi connectivity index (χ3n) is 6.54. The second-order valence-corrected chi connectivity index (χ2v) is 10.3. The molecule has 0 radical (unpaired) electrons. The Morgan fingerprint density at radius 1 is 1.21 bits per heavy atom. The van der Waals surface area contributed by atoms with Crippen molar-refractivity contribution in [3.63, 3.8) is 0 Å². The number of nitrogens with zero attached hydrogens (tertiary/aromatic N) is 2. The van der Waals surface area contributed by atoms with E-state index in [0.717, 1.165) is 5.57 Å². The SMILES string of the molecule is CC(=O)OCC1=C2CC(C#N)(C#N)C3=C[C@H](N)CC[C@H](CC(=O)OC(C)(C)C)[C@@H]3C=C2CC1=O. The van der Waals surface area contributed by atoms with Gasteiger partial charge >= 0.3 is 11.9 Å². The minimum absolute atomic E-state index is 0.00236. The van der Waals surface area contributed by atoms with Crippen LogP contribution >= 0.6 is 0 Å². The standard InChI is InChI=1S/C26H31N3O5/c1-15(30)33-12-21-20-11-26(13-27,14-28)22-10-18(29)6-5-16(9-24(32)34-25(2,3)4)19(22)7-17(20)8-23(21)31/h7,10,16,18-19H,5-6,8-9,11-12,29H2,1-4H3/t16-,18-,19+/m1/s1. The molecule has 0 unspecified atom stereocenters. The lowest BCUT2D eigenvalue weighted by Gasteiger charge is -2.30. The first kappa shape index (κ1) is 25.4. The molecular formula is C26H31N3O5. The normalized spacial score (nSPS) is 26.0. The zero-order valence-electron chi connectivity index (χ0n) is 20.1. The first-order valence-electron chi connectivity index (χ1n) is 11.5. The van der Waals surface area contributed by atoms with E-state index in [-0.39, 0.29) is 49.6 Å². The lowest BCUT2D eigenvalue weighted by molar-refractivity contribution is -0.156. The lowest BCUT2D eigenvalue weighted by atomic mass is 9.70. The van der Waals surface area contributed by atoms with Gasteiger partial charge in [0.1, 0.15) is 12.2 Å². The molecule has 8 heteroatoms. The Hall–Kier alpha value is -3.23. The average molecular weight is 466 g/mol. The number of Topliss-reactive ketones (excluding diaryl/α,β-unsaturated/α-hetero) is 1. The van der Waals surface area contributed by atoms with Gasteiger partial charge < -0.3 is 15.2 Å². The number of ether oxygens (including phenoxy) is 2. The van der Waals surface area contributed by atoms with Crippen molar-refractivity contribution in [3.05, 3.63) is 34.4 Å². The summed E-state index contributed by atoms with van der Waals surface area (Å²) in [5, 5.41) is 20.5. The quantitative estimate of drug-likeness (QED) is 0.492. The van der Waals surface area contributed by atoms with Crippen LogP contribution in [0.3, 0.4) is 0 Å². The van der Waals surface area contributed by atoms with Crippen LogP contribution in [-0.2, 0) is 23.9 Å². The molecular weight excluding hydrogens is 434 g/mol. The number of ketones is 1. The molecule has 3 aliphatic rings. The van der Waals surface area contributed by atoms with E-state index >= 15 is 0 Å². The number of esters is 2. The van der Waals surface area contributed by atoms with Crippen molar-refractivity contribution in [1.82, 2.24) is 0 Å². The Labute approximate surface area is 200 Å². The maximum Gasteiger partial charge on any atom is 0.306 e. The highest BCUT2D eigenvalue weighted by atomic mass is 16.6. The molecule has 8 nitrogen and oxygen atoms in total. The summed E-state index contributed by atoms with van der Waals surface area (Å²) in [6.07, 6.45) is 5.13. The van der Waals surface area contributed by atoms with E-state index in [9.17, 15) is 24.9 Å². The molecule has 0 saturated carbocycles. The number of hydrogen-bond donors (Lipinski definition) is 1. The molecule has 3 aliphatic carbocycles. The number of nitriles is 2. The van der Waals surface area contributed by atoms with Gasteiger partial charge in [-0.25, -0.2) is 0 Å². The minimum atomic E-state index is -1.56. The van der Waals surface area contributed by atoms with Crippen LogP contribution in [-0.4, -0.2) is 36.0 Å². The summed E-state index contributed by atoms with van der Waals surface area (Å²) in [5.74, 6) is -1.73. The minimum Gasteiger partial charge on any atom is -0.461 e. The van der Waals surface area contributed by atoms with E-state index in [2.05, 4.69) is 12.1 Å². The Balaban J connectivity index is 2.12. The van der Waals surface area contributed by atoms with E-state index in [1.54, 1.807) is 26.8 Å². The lowest BCUT2D eigenvalue weighted by Crippen LogP contribution is -2.30. The van der Waals surface area contributed by atoms with Crippen molar-refractivity contribution in [2.75, 3.05) is 6.61 Å². The van der Waals surface area contributed by atoms with E-state index < -0.39 is 22.9 Å². The smallest absolute Gasteiger partial charge is 0.306 e. The number of rotatable bonds is 4. The topological polar surface area (TPSA) is 143 Å². The molecule has 0 saturated heterocycles. The molecule has 180 valence electrons. The zero-order valence-corrected chi connectivity index (χ0v) is 20.1. The van der Waals surface area contributed by atoms with Crippen molar-refractivity contribution < 1.29 is 23.9 Å². The Morgan fingerprint density at radius 2 is 1.88 bits per heavy atom. The summed E-state index contributed by atoms with van der Waals surface area (Å²) >= 11 is 0. The van der Waals surface area contributed by atoms with Crippen LogP contribution in [0.1, 0.15) is 59.8 Å². The summed E-state index contributed by atoms with van der Waals surface area (Å²) in [6.45, 7) is 6.46. The highest BCUT2D eigenvalue weighted by molar-refractivity contribution is 6.03. The number of nitrogens with two attached hydrogens (primary N) is 1. The fourth-order valence-corrected chi connectivity index (χ4v) is 5.03. The van der Waals surface area contributed by atoms with Gasteiger partial charge in [-0.15, -0.1) is 0 Å². The van der Waals surface area contributed by atoms with Crippen LogP contribution in [0.4, 0.5) is 0 Å². The number of hydrogen-bond acceptors (Lipinski definition) is 8. The second kappa shape index (κ2) is 9.56. The molecule has 34 heavy (non-hydrogen) atoms. The number of carbonyl (C=O) groups excluding carboxylic acids is 3. The average Bonchev–Trinajstić information content (AvgIpc) is 2.84. The van der Waals surface area contributed by atoms with Crippen LogP contribution in [0.2, 0.25) is 0 Å². The first-order valence-corrected chi connectivity index (χ1v) is 11.5. The van der Waals surface area contributed by atoms with Crippen molar-refractivity contribution in [2.45, 2.75) is 71.4 Å². The molecule has 0 aliphatic heterocycles. The summed E-state index contributed by atoms with van der Waals surface area (Å²) < 4.78 is 10.6. The maximum atomic E-state index is 12.8. The van der Waals surface area contributed by atoms with Crippen LogP contribution < -0.4 is 5.73 Å². The van der Waals surface area contributed by atoms with Crippen molar-refractivity contribution in [2.24, 2.45) is 23.0 Å². The van der Waals surface area contributed by atoms with Gasteiger partial charge in [0.2, 0.25) is 0 Å². The Morgan fingerprint density at radius 3 is 2.47 bits per heavy atom. The number of fused-ring (bicyclic) bond motifs is 2. The second-order valence-electron chi connectivity index (χ2n) is 10.3. The number of allylic oxidation sites excluding steroid dienone is 4. The first-order chi connectivity index (χ1) is 15.9. The van der Waals surface area contributed by atoms with Gasteiger partial charge in [-0.05, 0) is 56.3 Å². The van der Waals surface area contributed by atoms with Gasteiger partial charge in [0.15, 0.2) is 11.2 Å². The Bertz CT molecular complexity index is 1060. The van der Waals surface area contributed by atoms with Crippen LogP contribution in [0.5, 0.6) is 0 Å². The molecule has 0 fully saturated rings. The molecule has 2 N–H and O–H groups in total. The summed E-state index contributed by atoms with van der Waals surface area (Å²) in [6, 6.07) is 4.02. The predicted molar refractivity (Wildman–Crippen MR) is 122 cm³/mol. The van der Waals surface area contributed by atoms with Gasteiger partial charge in [0, 0.05) is 43.7 Å². The van der Waals surface area contributed by atoms with Gasteiger partial charge in [-0.3, -0.25) is 14.4 Å². The van der Waals surface area contributed by atoms with Gasteiger partial charge in [-0.2, -0.15) is 10.5 Å². The third-order valence-corrected chi connectivity index (χ3v) is 6.54. The van der Waals surface area contributed by atoms with Gasteiger partial charge in [-0.1, -0.05) is 12.2 Å². The van der Waals surface area contributed by atoms with Crippen LogP contribution in [0, 0.1) is 39.9 Å². The molecule has 0 amide bonds. The van der Waals surface area contributed by atoms with Crippen LogP contribution in [0.15, 0.2) is 34.4 Å².